The second-order valence-electron chi connectivity index (χ2n) is 3.43. The van der Waals surface area contributed by atoms with Crippen LogP contribution < -0.4 is 16.0 Å². The zero-order valence-corrected chi connectivity index (χ0v) is 9.84. The number of hydrogen-bond acceptors (Lipinski definition) is 6. The average Bonchev–Trinajstić information content (AvgIpc) is 2.71. The zero-order valence-electron chi connectivity index (χ0n) is 9.02. The third kappa shape index (κ3) is 1.96. The number of ether oxygens (including phenoxy) is 1. The maximum absolute atomic E-state index is 11.7. The molecular formula is C9H14N4O2S. The molecule has 88 valence electrons. The largest absolute Gasteiger partial charge is 0.382 e. The molecule has 1 saturated heterocycles. The summed E-state index contributed by atoms with van der Waals surface area (Å²) in [5.74, 6) is 0.110. The molecule has 1 aromatic heterocycles. The van der Waals surface area contributed by atoms with Crippen LogP contribution in [0.2, 0.25) is 0 Å². The minimum Gasteiger partial charge on any atom is -0.382 e. The number of nitrogens with two attached hydrogens (primary N) is 1. The van der Waals surface area contributed by atoms with E-state index >= 15 is 0 Å². The fourth-order valence-electron chi connectivity index (χ4n) is 1.61. The van der Waals surface area contributed by atoms with Crippen LogP contribution in [0.1, 0.15) is 10.4 Å². The normalized spacial score (nSPS) is 16.2. The molecule has 1 aromatic rings. The zero-order chi connectivity index (χ0) is 11.5. The average molecular weight is 242 g/mol. The third-order valence-electron chi connectivity index (χ3n) is 2.45. The van der Waals surface area contributed by atoms with Crippen molar-refractivity contribution < 1.29 is 9.53 Å². The molecule has 3 N–H and O–H groups in total. The highest BCUT2D eigenvalue weighted by Gasteiger charge is 2.23. The van der Waals surface area contributed by atoms with Crippen LogP contribution in [0, 0.1) is 0 Å². The molecule has 0 spiro atoms. The Labute approximate surface area is 97.5 Å². The molecule has 2 heterocycles. The standard InChI is InChI=1S/C9H14N4O2S/c1-11-8(14)6-7(10)12-16-9(6)13-2-4-15-5-3-13/h2-5H2,1H3,(H2,10,12)(H,11,14). The van der Waals surface area contributed by atoms with Gasteiger partial charge >= 0.3 is 0 Å². The lowest BCUT2D eigenvalue weighted by Crippen LogP contribution is -2.37. The van der Waals surface area contributed by atoms with E-state index in [0.29, 0.717) is 24.6 Å². The Kier molecular flexibility index (Phi) is 3.25. The smallest absolute Gasteiger partial charge is 0.257 e. The van der Waals surface area contributed by atoms with Crippen LogP contribution in [0.5, 0.6) is 0 Å². The van der Waals surface area contributed by atoms with Crippen molar-refractivity contribution >= 4 is 28.3 Å². The fraction of sp³-hybridized carbons (Fsp3) is 0.556. The number of carbonyl (C=O) groups is 1. The third-order valence-corrected chi connectivity index (χ3v) is 3.38. The van der Waals surface area contributed by atoms with Crippen molar-refractivity contribution in [1.29, 1.82) is 0 Å². The molecule has 1 amide bonds. The van der Waals surface area contributed by atoms with Crippen molar-refractivity contribution in [2.24, 2.45) is 0 Å². The van der Waals surface area contributed by atoms with E-state index in [2.05, 4.69) is 14.6 Å². The lowest BCUT2D eigenvalue weighted by Gasteiger charge is -2.27. The minimum absolute atomic E-state index is 0.187. The van der Waals surface area contributed by atoms with Gasteiger partial charge in [0, 0.05) is 20.1 Å². The van der Waals surface area contributed by atoms with Crippen molar-refractivity contribution in [3.63, 3.8) is 0 Å². The number of nitrogen functional groups attached to an aromatic ring is 1. The Balaban J connectivity index is 2.29. The van der Waals surface area contributed by atoms with E-state index in [9.17, 15) is 4.79 Å². The predicted molar refractivity (Wildman–Crippen MR) is 62.9 cm³/mol. The van der Waals surface area contributed by atoms with E-state index in [4.69, 9.17) is 10.5 Å². The molecule has 0 atom stereocenters. The van der Waals surface area contributed by atoms with E-state index < -0.39 is 0 Å². The van der Waals surface area contributed by atoms with Gasteiger partial charge in [0.05, 0.1) is 13.2 Å². The Hall–Kier alpha value is -1.34. The van der Waals surface area contributed by atoms with E-state index in [1.807, 2.05) is 0 Å². The van der Waals surface area contributed by atoms with Crippen LogP contribution in [0.3, 0.4) is 0 Å². The van der Waals surface area contributed by atoms with E-state index in [1.165, 1.54) is 11.5 Å². The molecule has 0 radical (unpaired) electrons. The van der Waals surface area contributed by atoms with Crippen molar-refractivity contribution in [3.05, 3.63) is 5.56 Å². The number of carbonyl (C=O) groups excluding carboxylic acids is 1. The summed E-state index contributed by atoms with van der Waals surface area (Å²) < 4.78 is 9.30. The molecule has 6 nitrogen and oxygen atoms in total. The summed E-state index contributed by atoms with van der Waals surface area (Å²) >= 11 is 1.26. The first-order valence-corrected chi connectivity index (χ1v) is 5.81. The van der Waals surface area contributed by atoms with Crippen LogP contribution in [0.15, 0.2) is 0 Å². The molecule has 7 heteroatoms. The van der Waals surface area contributed by atoms with Crippen molar-refractivity contribution in [2.45, 2.75) is 0 Å². The topological polar surface area (TPSA) is 80.5 Å². The van der Waals surface area contributed by atoms with Gasteiger partial charge in [-0.25, -0.2) is 0 Å². The lowest BCUT2D eigenvalue weighted by molar-refractivity contribution is 0.0963. The maximum atomic E-state index is 11.7. The summed E-state index contributed by atoms with van der Waals surface area (Å²) in [6.45, 7) is 2.88. The first-order chi connectivity index (χ1) is 7.74. The van der Waals surface area contributed by atoms with Crippen molar-refractivity contribution in [3.8, 4) is 0 Å². The quantitative estimate of drug-likeness (QED) is 0.758. The number of anilines is 2. The van der Waals surface area contributed by atoms with Gasteiger partial charge in [-0.05, 0) is 11.5 Å². The van der Waals surface area contributed by atoms with E-state index in [-0.39, 0.29) is 5.91 Å². The molecule has 16 heavy (non-hydrogen) atoms. The van der Waals surface area contributed by atoms with Crippen molar-refractivity contribution in [1.82, 2.24) is 9.69 Å². The minimum atomic E-state index is -0.187. The number of nitrogens with zero attached hydrogens (tertiary/aromatic N) is 2. The molecule has 1 aliphatic rings. The predicted octanol–water partition coefficient (Wildman–Crippen LogP) is -0.0785. The molecular weight excluding hydrogens is 228 g/mol. The number of hydrogen-bond donors (Lipinski definition) is 2. The van der Waals surface area contributed by atoms with Gasteiger partial charge in [-0.3, -0.25) is 4.79 Å². The summed E-state index contributed by atoms with van der Waals surface area (Å²) in [4.78, 5) is 13.8. The number of amides is 1. The van der Waals surface area contributed by atoms with Gasteiger partial charge in [0.2, 0.25) is 0 Å². The Bertz CT molecular complexity index is 387. The highest BCUT2D eigenvalue weighted by atomic mass is 32.1. The Morgan fingerprint density at radius 3 is 2.88 bits per heavy atom. The first kappa shape index (κ1) is 11.2. The molecule has 1 fully saturated rings. The highest BCUT2D eigenvalue weighted by molar-refractivity contribution is 7.11. The maximum Gasteiger partial charge on any atom is 0.257 e. The van der Waals surface area contributed by atoms with Gasteiger partial charge < -0.3 is 20.7 Å². The molecule has 0 aliphatic carbocycles. The Morgan fingerprint density at radius 2 is 2.25 bits per heavy atom. The first-order valence-electron chi connectivity index (χ1n) is 5.04. The summed E-state index contributed by atoms with van der Waals surface area (Å²) in [6.07, 6.45) is 0. The molecule has 0 bridgehead atoms. The van der Waals surface area contributed by atoms with Crippen LogP contribution in [0.4, 0.5) is 10.8 Å². The number of aromatic nitrogens is 1. The molecule has 2 rings (SSSR count). The Morgan fingerprint density at radius 1 is 1.56 bits per heavy atom. The van der Waals surface area contributed by atoms with Gasteiger partial charge in [-0.15, -0.1) is 0 Å². The van der Waals surface area contributed by atoms with Crippen LogP contribution in [-0.2, 0) is 4.74 Å². The molecule has 0 unspecified atom stereocenters. The highest BCUT2D eigenvalue weighted by Crippen LogP contribution is 2.30. The molecule has 0 aromatic carbocycles. The summed E-state index contributed by atoms with van der Waals surface area (Å²) in [7, 11) is 1.59. The van der Waals surface area contributed by atoms with Crippen LogP contribution >= 0.6 is 11.5 Å². The van der Waals surface area contributed by atoms with Gasteiger partial charge in [0.1, 0.15) is 10.6 Å². The fourth-order valence-corrected chi connectivity index (χ4v) is 2.48. The number of morpholine rings is 1. The molecule has 0 saturated carbocycles. The SMILES string of the molecule is CNC(=O)c1c(N)nsc1N1CCOCC1. The summed E-state index contributed by atoms with van der Waals surface area (Å²) in [5.41, 5.74) is 6.19. The van der Waals surface area contributed by atoms with Gasteiger partial charge in [-0.2, -0.15) is 4.37 Å². The van der Waals surface area contributed by atoms with Gasteiger partial charge in [-0.1, -0.05) is 0 Å². The van der Waals surface area contributed by atoms with Crippen molar-refractivity contribution in [2.75, 3.05) is 44.0 Å². The second-order valence-corrected chi connectivity index (χ2v) is 4.18. The number of nitrogens with one attached hydrogen (secondary N) is 1. The second kappa shape index (κ2) is 4.67. The lowest BCUT2D eigenvalue weighted by atomic mass is 10.2. The molecule has 1 aliphatic heterocycles. The summed E-state index contributed by atoms with van der Waals surface area (Å²) in [5, 5.41) is 3.41. The van der Waals surface area contributed by atoms with E-state index in [0.717, 1.165) is 18.1 Å². The van der Waals surface area contributed by atoms with Gasteiger partial charge in [0.15, 0.2) is 5.82 Å². The van der Waals surface area contributed by atoms with E-state index in [1.54, 1.807) is 7.05 Å². The summed E-state index contributed by atoms with van der Waals surface area (Å²) in [6, 6.07) is 0. The van der Waals surface area contributed by atoms with Gasteiger partial charge in [0.25, 0.3) is 5.91 Å². The monoisotopic (exact) mass is 242 g/mol. The van der Waals surface area contributed by atoms with Crippen LogP contribution in [0.25, 0.3) is 0 Å². The number of rotatable bonds is 2. The van der Waals surface area contributed by atoms with Crippen LogP contribution in [-0.4, -0.2) is 43.6 Å².